The Labute approximate surface area is 289 Å². The van der Waals surface area contributed by atoms with Crippen LogP contribution in [0.5, 0.6) is 11.5 Å². The van der Waals surface area contributed by atoms with Gasteiger partial charge in [0.05, 0.1) is 35.1 Å². The maximum atomic E-state index is 14.3. The molecule has 0 N–H and O–H groups in total. The summed E-state index contributed by atoms with van der Waals surface area (Å²) in [7, 11) is 0. The van der Waals surface area contributed by atoms with Crippen molar-refractivity contribution < 1.29 is 23.8 Å². The van der Waals surface area contributed by atoms with E-state index in [1.54, 1.807) is 29.7 Å². The summed E-state index contributed by atoms with van der Waals surface area (Å²) < 4.78 is 19.4. The fraction of sp³-hybridized carbons (Fsp3) is 0.333. The van der Waals surface area contributed by atoms with E-state index < -0.39 is 12.0 Å². The Hall–Kier alpha value is -4.96. The van der Waals surface area contributed by atoms with Crippen molar-refractivity contribution in [3.05, 3.63) is 120 Å². The number of amides is 1. The number of aromatic nitrogens is 1. The average molecular weight is 680 g/mol. The normalized spacial score (nSPS) is 16.1. The average Bonchev–Trinajstić information content (AvgIpc) is 3.76. The van der Waals surface area contributed by atoms with Crippen molar-refractivity contribution >= 4 is 35.0 Å². The van der Waals surface area contributed by atoms with Crippen LogP contribution in [0.1, 0.15) is 74.8 Å². The van der Waals surface area contributed by atoms with Gasteiger partial charge in [0.15, 0.2) is 22.9 Å². The Bertz CT molecular complexity index is 2040. The van der Waals surface area contributed by atoms with E-state index in [9.17, 15) is 14.4 Å². The van der Waals surface area contributed by atoms with Gasteiger partial charge in [-0.05, 0) is 67.5 Å². The van der Waals surface area contributed by atoms with Crippen LogP contribution in [0.25, 0.3) is 11.8 Å². The molecule has 0 aliphatic carbocycles. The third-order valence-electron chi connectivity index (χ3n) is 8.67. The summed E-state index contributed by atoms with van der Waals surface area (Å²) in [5, 5.41) is 0. The van der Waals surface area contributed by atoms with Gasteiger partial charge in [-0.1, -0.05) is 85.8 Å². The summed E-state index contributed by atoms with van der Waals surface area (Å²) in [4.78, 5) is 47.9. The number of thiazole rings is 1. The first-order valence-corrected chi connectivity index (χ1v) is 17.7. The number of fused-ring (bicyclic) bond motifs is 1. The minimum absolute atomic E-state index is 0.0457. The molecule has 3 aromatic carbocycles. The molecule has 9 nitrogen and oxygen atoms in total. The second-order valence-electron chi connectivity index (χ2n) is 12.3. The molecule has 4 aromatic rings. The van der Waals surface area contributed by atoms with Gasteiger partial charge in [-0.3, -0.25) is 14.2 Å². The molecule has 2 aliphatic rings. The van der Waals surface area contributed by atoms with Crippen LogP contribution in [0.15, 0.2) is 88.2 Å². The quantitative estimate of drug-likeness (QED) is 0.195. The van der Waals surface area contributed by atoms with Crippen LogP contribution in [-0.2, 0) is 14.3 Å². The number of hydrogen-bond donors (Lipinski definition) is 0. The molecule has 0 unspecified atom stereocenters. The highest BCUT2D eigenvalue weighted by atomic mass is 32.1. The van der Waals surface area contributed by atoms with Crippen LogP contribution >= 0.6 is 11.3 Å². The SMILES string of the molecule is CCOC(=O)C1=C(c2ccccc2)N=c2s/c(=C/c3ccc(OCC(=O)N4CCCC4)c(OCC)c3)c(=O)n2[C@H]1c1ccc(C(C)C)cc1. The Morgan fingerprint density at radius 1 is 0.939 bits per heavy atom. The van der Waals surface area contributed by atoms with Gasteiger partial charge in [-0.2, -0.15) is 0 Å². The van der Waals surface area contributed by atoms with E-state index in [1.165, 1.54) is 11.3 Å². The van der Waals surface area contributed by atoms with E-state index in [-0.39, 0.29) is 24.7 Å². The van der Waals surface area contributed by atoms with Gasteiger partial charge in [-0.25, -0.2) is 9.79 Å². The Balaban J connectivity index is 1.45. The fourth-order valence-electron chi connectivity index (χ4n) is 6.17. The van der Waals surface area contributed by atoms with Crippen LogP contribution in [0.2, 0.25) is 0 Å². The summed E-state index contributed by atoms with van der Waals surface area (Å²) in [5.74, 6) is 0.703. The molecule has 0 spiro atoms. The van der Waals surface area contributed by atoms with Crippen LogP contribution in [0.3, 0.4) is 0 Å². The number of rotatable bonds is 11. The number of ether oxygens (including phenoxy) is 3. The maximum Gasteiger partial charge on any atom is 0.338 e. The number of nitrogens with zero attached hydrogens (tertiary/aromatic N) is 3. The molecule has 1 fully saturated rings. The van der Waals surface area contributed by atoms with Crippen LogP contribution < -0.4 is 24.4 Å². The highest BCUT2D eigenvalue weighted by Crippen LogP contribution is 2.36. The lowest BCUT2D eigenvalue weighted by molar-refractivity contribution is -0.139. The largest absolute Gasteiger partial charge is 0.490 e. The van der Waals surface area contributed by atoms with Gasteiger partial charge in [0.1, 0.15) is 0 Å². The van der Waals surface area contributed by atoms with Gasteiger partial charge in [-0.15, -0.1) is 0 Å². The van der Waals surface area contributed by atoms with Crippen LogP contribution in [-0.4, -0.2) is 54.3 Å². The molecule has 2 aliphatic heterocycles. The van der Waals surface area contributed by atoms with Gasteiger partial charge in [0.2, 0.25) is 0 Å². The van der Waals surface area contributed by atoms with Gasteiger partial charge >= 0.3 is 5.97 Å². The second-order valence-corrected chi connectivity index (χ2v) is 13.3. The first kappa shape index (κ1) is 33.9. The third kappa shape index (κ3) is 7.24. The molecule has 6 rings (SSSR count). The minimum atomic E-state index is -0.753. The smallest absolute Gasteiger partial charge is 0.338 e. The molecule has 254 valence electrons. The topological polar surface area (TPSA) is 99.4 Å². The van der Waals surface area contributed by atoms with Crippen LogP contribution in [0, 0.1) is 0 Å². The molecule has 1 saturated heterocycles. The zero-order valence-corrected chi connectivity index (χ0v) is 29.1. The molecule has 0 saturated carbocycles. The molecule has 0 bridgehead atoms. The lowest BCUT2D eigenvalue weighted by atomic mass is 9.91. The maximum absolute atomic E-state index is 14.3. The molecule has 1 atom stereocenters. The molecule has 1 aromatic heterocycles. The first-order chi connectivity index (χ1) is 23.8. The number of hydrogen-bond acceptors (Lipinski definition) is 8. The van der Waals surface area contributed by atoms with Gasteiger partial charge in [0, 0.05) is 18.7 Å². The van der Waals surface area contributed by atoms with Crippen LogP contribution in [0.4, 0.5) is 0 Å². The van der Waals surface area contributed by atoms with Crippen molar-refractivity contribution in [2.45, 2.75) is 52.5 Å². The molecular weight excluding hydrogens is 639 g/mol. The van der Waals surface area contributed by atoms with E-state index in [0.717, 1.165) is 48.2 Å². The highest BCUT2D eigenvalue weighted by molar-refractivity contribution is 7.07. The molecule has 3 heterocycles. The molecule has 49 heavy (non-hydrogen) atoms. The van der Waals surface area contributed by atoms with Crippen molar-refractivity contribution in [2.24, 2.45) is 4.99 Å². The second kappa shape index (κ2) is 15.1. The first-order valence-electron chi connectivity index (χ1n) is 16.8. The summed E-state index contributed by atoms with van der Waals surface area (Å²) >= 11 is 1.26. The lowest BCUT2D eigenvalue weighted by Crippen LogP contribution is -2.40. The lowest BCUT2D eigenvalue weighted by Gasteiger charge is -2.26. The highest BCUT2D eigenvalue weighted by Gasteiger charge is 2.35. The Morgan fingerprint density at radius 2 is 1.67 bits per heavy atom. The van der Waals surface area contributed by atoms with E-state index >= 15 is 0 Å². The van der Waals surface area contributed by atoms with E-state index in [4.69, 9.17) is 19.2 Å². The molecule has 1 amide bonds. The Morgan fingerprint density at radius 3 is 2.35 bits per heavy atom. The predicted molar refractivity (Wildman–Crippen MR) is 191 cm³/mol. The molecule has 0 radical (unpaired) electrons. The number of carbonyl (C=O) groups excluding carboxylic acids is 2. The number of esters is 1. The van der Waals surface area contributed by atoms with Crippen molar-refractivity contribution in [1.82, 2.24) is 9.47 Å². The fourth-order valence-corrected chi connectivity index (χ4v) is 7.17. The van der Waals surface area contributed by atoms with E-state index in [0.29, 0.717) is 44.6 Å². The van der Waals surface area contributed by atoms with Crippen molar-refractivity contribution in [1.29, 1.82) is 0 Å². The zero-order valence-electron chi connectivity index (χ0n) is 28.3. The van der Waals surface area contributed by atoms with E-state index in [2.05, 4.69) is 13.8 Å². The monoisotopic (exact) mass is 679 g/mol. The summed E-state index contributed by atoms with van der Waals surface area (Å²) in [6, 6.07) is 22.2. The van der Waals surface area contributed by atoms with Crippen molar-refractivity contribution in [3.8, 4) is 11.5 Å². The number of likely N-dealkylation sites (tertiary alicyclic amines) is 1. The zero-order chi connectivity index (χ0) is 34.5. The molecule has 10 heteroatoms. The summed E-state index contributed by atoms with van der Waals surface area (Å²) in [5.41, 5.74) is 3.93. The summed E-state index contributed by atoms with van der Waals surface area (Å²) in [6.45, 7) is 9.92. The molecular formula is C39H41N3O6S. The summed E-state index contributed by atoms with van der Waals surface area (Å²) in [6.07, 6.45) is 3.82. The number of carbonyl (C=O) groups is 2. The minimum Gasteiger partial charge on any atom is -0.490 e. The standard InChI is InChI=1S/C39H41N3O6S/c1-5-46-31-22-26(14-19-30(31)48-24-33(43)41-20-10-11-21-41)23-32-37(44)42-36(29-17-15-27(16-18-29)25(3)4)34(38(45)47-6-2)35(40-39(42)49-32)28-12-8-7-9-13-28/h7-9,12-19,22-23,25,36H,5-6,10-11,20-21,24H2,1-4H3/b32-23+/t36-/m0/s1. The van der Waals surface area contributed by atoms with Gasteiger partial charge in [0.25, 0.3) is 11.5 Å². The third-order valence-corrected chi connectivity index (χ3v) is 9.65. The van der Waals surface area contributed by atoms with Crippen molar-refractivity contribution in [3.63, 3.8) is 0 Å². The van der Waals surface area contributed by atoms with Crippen molar-refractivity contribution in [2.75, 3.05) is 32.9 Å². The predicted octanol–water partition coefficient (Wildman–Crippen LogP) is 5.46. The van der Waals surface area contributed by atoms with E-state index in [1.807, 2.05) is 72.5 Å². The van der Waals surface area contributed by atoms with Gasteiger partial charge < -0.3 is 19.1 Å². The Kier molecular flexibility index (Phi) is 10.4. The number of benzene rings is 3.